The van der Waals surface area contributed by atoms with Crippen molar-refractivity contribution in [2.24, 2.45) is 0 Å². The Morgan fingerprint density at radius 2 is 1.72 bits per heavy atom. The molecule has 1 aromatic rings. The third kappa shape index (κ3) is 4.41. The molecule has 1 unspecified atom stereocenters. The van der Waals surface area contributed by atoms with Gasteiger partial charge in [0.2, 0.25) is 0 Å². The summed E-state index contributed by atoms with van der Waals surface area (Å²) in [7, 11) is 0. The molecule has 1 rings (SSSR count). The molecule has 0 heterocycles. The van der Waals surface area contributed by atoms with Crippen molar-refractivity contribution in [3.05, 3.63) is 42.0 Å². The van der Waals surface area contributed by atoms with Crippen LogP contribution in [-0.4, -0.2) is 11.9 Å². The first-order valence-corrected chi connectivity index (χ1v) is 5.61. The molecule has 0 N–H and O–H groups in total. The van der Waals surface area contributed by atoms with Gasteiger partial charge in [0, 0.05) is 13.8 Å². The predicted molar refractivity (Wildman–Crippen MR) is 67.1 cm³/mol. The molecule has 18 heavy (non-hydrogen) atoms. The van der Waals surface area contributed by atoms with E-state index < -0.39 is 6.10 Å². The summed E-state index contributed by atoms with van der Waals surface area (Å²) < 4.78 is 10.1. The summed E-state index contributed by atoms with van der Waals surface area (Å²) in [6.07, 6.45) is 3.18. The predicted octanol–water partition coefficient (Wildman–Crippen LogP) is 2.79. The van der Waals surface area contributed by atoms with Crippen LogP contribution in [0.25, 0.3) is 0 Å². The van der Waals surface area contributed by atoms with Crippen molar-refractivity contribution < 1.29 is 19.1 Å². The highest BCUT2D eigenvalue weighted by atomic mass is 16.5. The maximum Gasteiger partial charge on any atom is 0.308 e. The Morgan fingerprint density at radius 1 is 1.11 bits per heavy atom. The zero-order valence-corrected chi connectivity index (χ0v) is 10.7. The fourth-order valence-corrected chi connectivity index (χ4v) is 1.46. The topological polar surface area (TPSA) is 52.6 Å². The first kappa shape index (κ1) is 14.0. The van der Waals surface area contributed by atoms with E-state index in [9.17, 15) is 9.59 Å². The molecule has 0 spiro atoms. The number of allylic oxidation sites excluding steroid dienone is 1. The van der Waals surface area contributed by atoms with Gasteiger partial charge in [-0.05, 0) is 30.7 Å². The van der Waals surface area contributed by atoms with Crippen LogP contribution in [0.2, 0.25) is 0 Å². The lowest BCUT2D eigenvalue weighted by atomic mass is 10.1. The van der Waals surface area contributed by atoms with Crippen LogP contribution in [0.5, 0.6) is 5.75 Å². The molecule has 4 nitrogen and oxygen atoms in total. The Morgan fingerprint density at radius 3 is 2.17 bits per heavy atom. The Bertz CT molecular complexity index is 445. The van der Waals surface area contributed by atoms with Gasteiger partial charge in [-0.15, -0.1) is 0 Å². The number of esters is 2. The van der Waals surface area contributed by atoms with Gasteiger partial charge in [-0.2, -0.15) is 0 Å². The number of benzene rings is 1. The molecule has 0 fully saturated rings. The van der Waals surface area contributed by atoms with Gasteiger partial charge in [0.25, 0.3) is 0 Å². The first-order chi connectivity index (χ1) is 8.52. The summed E-state index contributed by atoms with van der Waals surface area (Å²) in [6, 6.07) is 6.84. The van der Waals surface area contributed by atoms with Gasteiger partial charge < -0.3 is 9.47 Å². The number of ether oxygens (including phenoxy) is 2. The van der Waals surface area contributed by atoms with Crippen LogP contribution < -0.4 is 4.74 Å². The minimum Gasteiger partial charge on any atom is -0.453 e. The highest BCUT2D eigenvalue weighted by molar-refractivity contribution is 5.69. The Balaban J connectivity index is 2.86. The van der Waals surface area contributed by atoms with E-state index in [1.54, 1.807) is 30.3 Å². The molecule has 96 valence electrons. The monoisotopic (exact) mass is 248 g/mol. The molecular weight excluding hydrogens is 232 g/mol. The summed E-state index contributed by atoms with van der Waals surface area (Å²) in [5.74, 6) is -0.247. The van der Waals surface area contributed by atoms with Crippen molar-refractivity contribution in [2.45, 2.75) is 26.9 Å². The zero-order chi connectivity index (χ0) is 13.5. The van der Waals surface area contributed by atoms with Gasteiger partial charge >= 0.3 is 11.9 Å². The van der Waals surface area contributed by atoms with Crippen LogP contribution in [-0.2, 0) is 14.3 Å². The standard InChI is InChI=1S/C14H16O4/c1-4-5-14(18-11(3)16)12-6-8-13(9-7-12)17-10(2)15/h4-9,14H,1-3H3. The summed E-state index contributed by atoms with van der Waals surface area (Å²) in [6.45, 7) is 4.56. The van der Waals surface area contributed by atoms with Gasteiger partial charge in [0.05, 0.1) is 0 Å². The van der Waals surface area contributed by atoms with Crippen molar-refractivity contribution in [3.63, 3.8) is 0 Å². The van der Waals surface area contributed by atoms with Crippen LogP contribution in [0.3, 0.4) is 0 Å². The third-order valence-electron chi connectivity index (χ3n) is 2.13. The SMILES string of the molecule is CC=CC(OC(C)=O)c1ccc(OC(C)=O)cc1. The third-order valence-corrected chi connectivity index (χ3v) is 2.13. The van der Waals surface area contributed by atoms with E-state index in [2.05, 4.69) is 0 Å². The number of rotatable bonds is 4. The van der Waals surface area contributed by atoms with E-state index in [-0.39, 0.29) is 11.9 Å². The minimum atomic E-state index is -0.418. The van der Waals surface area contributed by atoms with Gasteiger partial charge in [-0.25, -0.2) is 0 Å². The maximum atomic E-state index is 11.0. The summed E-state index contributed by atoms with van der Waals surface area (Å²) in [5, 5.41) is 0. The van der Waals surface area contributed by atoms with Crippen LogP contribution in [0.15, 0.2) is 36.4 Å². The van der Waals surface area contributed by atoms with E-state index in [0.29, 0.717) is 5.75 Å². The Kier molecular flexibility index (Phi) is 5.11. The van der Waals surface area contributed by atoms with Crippen LogP contribution in [0.4, 0.5) is 0 Å². The van der Waals surface area contributed by atoms with E-state index in [1.165, 1.54) is 13.8 Å². The summed E-state index contributed by atoms with van der Waals surface area (Å²) >= 11 is 0. The first-order valence-electron chi connectivity index (χ1n) is 5.61. The largest absolute Gasteiger partial charge is 0.453 e. The molecule has 0 aliphatic heterocycles. The number of hydrogen-bond acceptors (Lipinski definition) is 4. The second-order valence-electron chi connectivity index (χ2n) is 3.72. The Labute approximate surface area is 106 Å². The second kappa shape index (κ2) is 6.59. The average molecular weight is 248 g/mol. The lowest BCUT2D eigenvalue weighted by molar-refractivity contribution is -0.144. The lowest BCUT2D eigenvalue weighted by Crippen LogP contribution is -2.06. The molecule has 0 amide bonds. The van der Waals surface area contributed by atoms with Crippen molar-refractivity contribution in [3.8, 4) is 5.75 Å². The van der Waals surface area contributed by atoms with Crippen LogP contribution in [0, 0.1) is 0 Å². The summed E-state index contributed by atoms with van der Waals surface area (Å²) in [5.41, 5.74) is 0.819. The van der Waals surface area contributed by atoms with Crippen molar-refractivity contribution in [2.75, 3.05) is 0 Å². The van der Waals surface area contributed by atoms with Crippen molar-refractivity contribution >= 4 is 11.9 Å². The van der Waals surface area contributed by atoms with Crippen molar-refractivity contribution in [1.29, 1.82) is 0 Å². The quantitative estimate of drug-likeness (QED) is 0.467. The van der Waals surface area contributed by atoms with Crippen LogP contribution in [0.1, 0.15) is 32.4 Å². The van der Waals surface area contributed by atoms with Gasteiger partial charge in [-0.3, -0.25) is 9.59 Å². The van der Waals surface area contributed by atoms with E-state index in [0.717, 1.165) is 5.56 Å². The molecule has 4 heteroatoms. The normalized spacial score (nSPS) is 12.2. The average Bonchev–Trinajstić information content (AvgIpc) is 2.28. The number of carbonyl (C=O) groups is 2. The molecule has 0 radical (unpaired) electrons. The number of carbonyl (C=O) groups excluding carboxylic acids is 2. The van der Waals surface area contributed by atoms with E-state index >= 15 is 0 Å². The van der Waals surface area contributed by atoms with Crippen molar-refractivity contribution in [1.82, 2.24) is 0 Å². The minimum absolute atomic E-state index is 0.345. The zero-order valence-electron chi connectivity index (χ0n) is 10.7. The van der Waals surface area contributed by atoms with E-state index in [1.807, 2.05) is 13.0 Å². The molecule has 1 atom stereocenters. The number of hydrogen-bond donors (Lipinski definition) is 0. The maximum absolute atomic E-state index is 11.0. The molecule has 0 aliphatic carbocycles. The molecule has 0 saturated carbocycles. The highest BCUT2D eigenvalue weighted by Crippen LogP contribution is 2.22. The summed E-state index contributed by atoms with van der Waals surface area (Å²) in [4.78, 5) is 21.8. The smallest absolute Gasteiger partial charge is 0.308 e. The lowest BCUT2D eigenvalue weighted by Gasteiger charge is -2.13. The highest BCUT2D eigenvalue weighted by Gasteiger charge is 2.11. The Hall–Kier alpha value is -2.10. The van der Waals surface area contributed by atoms with Gasteiger partial charge in [-0.1, -0.05) is 18.2 Å². The van der Waals surface area contributed by atoms with Gasteiger partial charge in [0.1, 0.15) is 11.9 Å². The van der Waals surface area contributed by atoms with Crippen LogP contribution >= 0.6 is 0 Å². The fraction of sp³-hybridized carbons (Fsp3) is 0.286. The second-order valence-corrected chi connectivity index (χ2v) is 3.72. The molecular formula is C14H16O4. The molecule has 0 aliphatic rings. The van der Waals surface area contributed by atoms with Gasteiger partial charge in [0.15, 0.2) is 0 Å². The fourth-order valence-electron chi connectivity index (χ4n) is 1.46. The molecule has 1 aromatic carbocycles. The van der Waals surface area contributed by atoms with E-state index in [4.69, 9.17) is 9.47 Å². The molecule has 0 bridgehead atoms. The molecule has 0 aromatic heterocycles. The molecule has 0 saturated heterocycles.